The van der Waals surface area contributed by atoms with E-state index in [0.29, 0.717) is 34.2 Å². The molecule has 0 fully saturated rings. The Morgan fingerprint density at radius 3 is 2.62 bits per heavy atom. The quantitative estimate of drug-likeness (QED) is 0.328. The fraction of sp³-hybridized carbons (Fsp3) is 0.120. The second-order valence-corrected chi connectivity index (χ2v) is 7.90. The average molecular weight is 455 g/mol. The van der Waals surface area contributed by atoms with Crippen LogP contribution in [0.4, 0.5) is 17.3 Å². The number of allylic oxidation sites excluding steroid dienone is 1. The third kappa shape index (κ3) is 3.62. The van der Waals surface area contributed by atoms with Crippen molar-refractivity contribution in [3.05, 3.63) is 99.7 Å². The van der Waals surface area contributed by atoms with Gasteiger partial charge in [0, 0.05) is 23.5 Å². The monoisotopic (exact) mass is 455 g/mol. The Labute approximate surface area is 194 Å². The fourth-order valence-corrected chi connectivity index (χ4v) is 4.25. The predicted octanol–water partition coefficient (Wildman–Crippen LogP) is 4.88. The smallest absolute Gasteiger partial charge is 0.269 e. The SMILES string of the molecule is COc1ccc(NC(=O)C2=C(C)Nc3nc4ccccc4n3C2c2cccc([N+](=O)[O-])c2)cc1. The number of imidazole rings is 1. The Morgan fingerprint density at radius 1 is 1.12 bits per heavy atom. The number of anilines is 2. The third-order valence-corrected chi connectivity index (χ3v) is 5.82. The highest BCUT2D eigenvalue weighted by molar-refractivity contribution is 6.06. The summed E-state index contributed by atoms with van der Waals surface area (Å²) in [5, 5.41) is 17.7. The average Bonchev–Trinajstić information content (AvgIpc) is 3.21. The summed E-state index contributed by atoms with van der Waals surface area (Å²) >= 11 is 0. The van der Waals surface area contributed by atoms with Gasteiger partial charge in [-0.1, -0.05) is 24.3 Å². The number of methoxy groups -OCH3 is 1. The van der Waals surface area contributed by atoms with Gasteiger partial charge in [-0.15, -0.1) is 0 Å². The number of nitrogens with one attached hydrogen (secondary N) is 2. The highest BCUT2D eigenvalue weighted by Gasteiger charge is 2.34. The number of carbonyl (C=O) groups is 1. The van der Waals surface area contributed by atoms with Crippen molar-refractivity contribution in [3.8, 4) is 5.75 Å². The normalized spacial score (nSPS) is 14.9. The van der Waals surface area contributed by atoms with Crippen molar-refractivity contribution in [3.63, 3.8) is 0 Å². The molecular weight excluding hydrogens is 434 g/mol. The summed E-state index contributed by atoms with van der Waals surface area (Å²) < 4.78 is 7.09. The number of ether oxygens (including phenoxy) is 1. The van der Waals surface area contributed by atoms with E-state index in [-0.39, 0.29) is 11.6 Å². The van der Waals surface area contributed by atoms with Crippen molar-refractivity contribution in [2.75, 3.05) is 17.7 Å². The molecule has 0 spiro atoms. The second kappa shape index (κ2) is 8.36. The van der Waals surface area contributed by atoms with Gasteiger partial charge in [0.25, 0.3) is 11.6 Å². The molecule has 0 radical (unpaired) electrons. The molecule has 170 valence electrons. The Bertz CT molecular complexity index is 1460. The van der Waals surface area contributed by atoms with Crippen LogP contribution in [0.25, 0.3) is 11.0 Å². The molecule has 9 heteroatoms. The van der Waals surface area contributed by atoms with Crippen molar-refractivity contribution in [2.45, 2.75) is 13.0 Å². The van der Waals surface area contributed by atoms with E-state index >= 15 is 0 Å². The lowest BCUT2D eigenvalue weighted by atomic mass is 9.94. The number of hydrogen-bond acceptors (Lipinski definition) is 6. The van der Waals surface area contributed by atoms with E-state index in [1.165, 1.54) is 12.1 Å². The molecule has 1 amide bonds. The van der Waals surface area contributed by atoms with Crippen molar-refractivity contribution in [1.29, 1.82) is 0 Å². The third-order valence-electron chi connectivity index (χ3n) is 5.82. The number of nitro benzene ring substituents is 1. The molecule has 0 aliphatic carbocycles. The highest BCUT2D eigenvalue weighted by atomic mass is 16.6. The minimum absolute atomic E-state index is 0.0467. The first-order valence-electron chi connectivity index (χ1n) is 10.6. The van der Waals surface area contributed by atoms with Crippen LogP contribution < -0.4 is 15.4 Å². The van der Waals surface area contributed by atoms with E-state index in [4.69, 9.17) is 4.74 Å². The van der Waals surface area contributed by atoms with Gasteiger partial charge in [0.1, 0.15) is 5.75 Å². The zero-order valence-corrected chi connectivity index (χ0v) is 18.5. The van der Waals surface area contributed by atoms with Crippen LogP contribution in [0.15, 0.2) is 84.1 Å². The number of para-hydroxylation sites is 2. The van der Waals surface area contributed by atoms with Gasteiger partial charge in [0.2, 0.25) is 5.95 Å². The predicted molar refractivity (Wildman–Crippen MR) is 129 cm³/mol. The van der Waals surface area contributed by atoms with Crippen LogP contribution in [0.3, 0.4) is 0 Å². The molecule has 0 saturated heterocycles. The molecule has 0 saturated carbocycles. The van der Waals surface area contributed by atoms with Crippen LogP contribution in [-0.4, -0.2) is 27.5 Å². The van der Waals surface area contributed by atoms with Crippen LogP contribution in [0, 0.1) is 10.1 Å². The Balaban J connectivity index is 1.65. The molecule has 2 heterocycles. The maximum atomic E-state index is 13.6. The van der Waals surface area contributed by atoms with Gasteiger partial charge in [-0.2, -0.15) is 0 Å². The summed E-state index contributed by atoms with van der Waals surface area (Å²) in [5.41, 5.74) is 3.78. The molecule has 1 aliphatic rings. The van der Waals surface area contributed by atoms with Crippen molar-refractivity contribution < 1.29 is 14.5 Å². The second-order valence-electron chi connectivity index (χ2n) is 7.90. The van der Waals surface area contributed by atoms with Crippen LogP contribution in [-0.2, 0) is 4.79 Å². The van der Waals surface area contributed by atoms with Gasteiger partial charge < -0.3 is 15.4 Å². The summed E-state index contributed by atoms with van der Waals surface area (Å²) in [5.74, 6) is 0.919. The number of carbonyl (C=O) groups excluding carboxylic acids is 1. The van der Waals surface area contributed by atoms with Gasteiger partial charge in [-0.05, 0) is 48.9 Å². The van der Waals surface area contributed by atoms with Crippen LogP contribution in [0.1, 0.15) is 18.5 Å². The maximum Gasteiger partial charge on any atom is 0.269 e. The van der Waals surface area contributed by atoms with Gasteiger partial charge in [-0.3, -0.25) is 19.5 Å². The van der Waals surface area contributed by atoms with E-state index < -0.39 is 11.0 Å². The number of aromatic nitrogens is 2. The van der Waals surface area contributed by atoms with Crippen molar-refractivity contribution in [1.82, 2.24) is 9.55 Å². The minimum atomic E-state index is -0.623. The summed E-state index contributed by atoms with van der Waals surface area (Å²) in [6, 6.07) is 20.3. The van der Waals surface area contributed by atoms with Gasteiger partial charge in [0.05, 0.1) is 34.7 Å². The Hall–Kier alpha value is -4.66. The van der Waals surface area contributed by atoms with Crippen LogP contribution in [0.2, 0.25) is 0 Å². The number of benzene rings is 3. The Kier molecular flexibility index (Phi) is 5.21. The standard InChI is InChI=1S/C25H21N5O4/c1-15-22(24(31)27-17-10-12-19(34-2)13-11-17)23(16-6-5-7-18(14-16)30(32)33)29-21-9-4-3-8-20(21)28-25(29)26-15/h3-14,23H,1-2H3,(H,26,28)(H,27,31). The Morgan fingerprint density at radius 2 is 1.88 bits per heavy atom. The van der Waals surface area contributed by atoms with Gasteiger partial charge in [0.15, 0.2) is 0 Å². The van der Waals surface area contributed by atoms with E-state index in [0.717, 1.165) is 11.0 Å². The van der Waals surface area contributed by atoms with E-state index in [1.54, 1.807) is 50.4 Å². The summed E-state index contributed by atoms with van der Waals surface area (Å²) in [4.78, 5) is 29.3. The molecule has 1 aromatic heterocycles. The lowest BCUT2D eigenvalue weighted by Crippen LogP contribution is -2.31. The van der Waals surface area contributed by atoms with Crippen molar-refractivity contribution >= 4 is 34.3 Å². The lowest BCUT2D eigenvalue weighted by Gasteiger charge is -2.30. The number of fused-ring (bicyclic) bond motifs is 3. The van der Waals surface area contributed by atoms with Gasteiger partial charge in [-0.25, -0.2) is 4.98 Å². The van der Waals surface area contributed by atoms with Crippen LogP contribution in [0.5, 0.6) is 5.75 Å². The van der Waals surface area contributed by atoms with Crippen molar-refractivity contribution in [2.24, 2.45) is 0 Å². The van der Waals surface area contributed by atoms with E-state index in [2.05, 4.69) is 15.6 Å². The number of rotatable bonds is 5. The molecule has 1 atom stereocenters. The number of non-ortho nitro benzene ring substituents is 1. The van der Waals surface area contributed by atoms with E-state index in [9.17, 15) is 14.9 Å². The largest absolute Gasteiger partial charge is 0.497 e. The number of nitrogens with zero attached hydrogens (tertiary/aromatic N) is 3. The molecule has 2 N–H and O–H groups in total. The minimum Gasteiger partial charge on any atom is -0.497 e. The molecule has 0 bridgehead atoms. The molecule has 1 aliphatic heterocycles. The molecule has 34 heavy (non-hydrogen) atoms. The molecule has 5 rings (SSSR count). The molecule has 9 nitrogen and oxygen atoms in total. The molecule has 1 unspecified atom stereocenters. The molecule has 4 aromatic rings. The van der Waals surface area contributed by atoms with Gasteiger partial charge >= 0.3 is 0 Å². The zero-order chi connectivity index (χ0) is 23.8. The van der Waals surface area contributed by atoms with E-state index in [1.807, 2.05) is 28.8 Å². The maximum absolute atomic E-state index is 13.6. The lowest BCUT2D eigenvalue weighted by molar-refractivity contribution is -0.384. The molecule has 3 aromatic carbocycles. The zero-order valence-electron chi connectivity index (χ0n) is 18.5. The first-order valence-corrected chi connectivity index (χ1v) is 10.6. The fourth-order valence-electron chi connectivity index (χ4n) is 4.25. The first kappa shape index (κ1) is 21.2. The highest BCUT2D eigenvalue weighted by Crippen LogP contribution is 2.40. The summed E-state index contributed by atoms with van der Waals surface area (Å²) in [6.07, 6.45) is 0. The summed E-state index contributed by atoms with van der Waals surface area (Å²) in [7, 11) is 1.58. The molecular formula is C25H21N5O4. The summed E-state index contributed by atoms with van der Waals surface area (Å²) in [6.45, 7) is 1.80. The number of nitro groups is 1. The number of hydrogen-bond donors (Lipinski definition) is 2. The first-order chi connectivity index (χ1) is 16.5. The topological polar surface area (TPSA) is 111 Å². The van der Waals surface area contributed by atoms with Crippen LogP contribution >= 0.6 is 0 Å². The number of amides is 1.